The monoisotopic (exact) mass is 274 g/mol. The maximum absolute atomic E-state index is 13.2. The molecule has 3 rings (SSSR count). The zero-order chi connectivity index (χ0) is 14.1. The zero-order valence-electron chi connectivity index (χ0n) is 10.8. The largest absolute Gasteiger partial charge is 0.348 e. The fourth-order valence-electron chi connectivity index (χ4n) is 2.04. The van der Waals surface area contributed by atoms with Crippen LogP contribution in [0.3, 0.4) is 0 Å². The lowest BCUT2D eigenvalue weighted by molar-refractivity contribution is 0.509. The van der Waals surface area contributed by atoms with E-state index in [4.69, 9.17) is 0 Å². The van der Waals surface area contributed by atoms with Gasteiger partial charge in [0.05, 0.1) is 6.54 Å². The number of aryl methyl sites for hydroxylation is 1. The second-order valence-electron chi connectivity index (χ2n) is 4.58. The van der Waals surface area contributed by atoms with E-state index in [1.807, 2.05) is 29.2 Å². The van der Waals surface area contributed by atoms with Gasteiger partial charge in [0.15, 0.2) is 11.6 Å². The van der Waals surface area contributed by atoms with Crippen molar-refractivity contribution >= 4 is 0 Å². The SMILES string of the molecule is Cn1cc(Cn2ccc(-c3ccc(F)c(F)c3)c2)nn1. The highest BCUT2D eigenvalue weighted by atomic mass is 19.2. The molecule has 0 atom stereocenters. The molecule has 0 aliphatic rings. The van der Waals surface area contributed by atoms with Crippen molar-refractivity contribution in [3.05, 3.63) is 60.2 Å². The Morgan fingerprint density at radius 2 is 1.90 bits per heavy atom. The Morgan fingerprint density at radius 1 is 1.05 bits per heavy atom. The second kappa shape index (κ2) is 4.88. The van der Waals surface area contributed by atoms with Crippen molar-refractivity contribution in [2.75, 3.05) is 0 Å². The van der Waals surface area contributed by atoms with Crippen molar-refractivity contribution < 1.29 is 8.78 Å². The summed E-state index contributed by atoms with van der Waals surface area (Å²) in [4.78, 5) is 0. The summed E-state index contributed by atoms with van der Waals surface area (Å²) in [6.07, 6.45) is 5.56. The van der Waals surface area contributed by atoms with E-state index in [1.54, 1.807) is 17.8 Å². The molecule has 0 saturated heterocycles. The molecule has 0 amide bonds. The third-order valence-electron chi connectivity index (χ3n) is 3.00. The molecule has 0 spiro atoms. The van der Waals surface area contributed by atoms with Crippen LogP contribution in [0.4, 0.5) is 8.78 Å². The fraction of sp³-hybridized carbons (Fsp3) is 0.143. The highest BCUT2D eigenvalue weighted by Gasteiger charge is 2.06. The topological polar surface area (TPSA) is 35.6 Å². The molecule has 2 heterocycles. The van der Waals surface area contributed by atoms with E-state index in [9.17, 15) is 8.78 Å². The molecule has 0 aliphatic carbocycles. The summed E-state index contributed by atoms with van der Waals surface area (Å²) in [7, 11) is 1.80. The molecule has 3 aromatic rings. The summed E-state index contributed by atoms with van der Waals surface area (Å²) in [5.41, 5.74) is 2.30. The molecule has 0 aliphatic heterocycles. The van der Waals surface area contributed by atoms with Gasteiger partial charge in [0.25, 0.3) is 0 Å². The van der Waals surface area contributed by atoms with Gasteiger partial charge in [-0.1, -0.05) is 11.3 Å². The molecule has 1 aromatic carbocycles. The first-order chi connectivity index (χ1) is 9.61. The molecule has 4 nitrogen and oxygen atoms in total. The Bertz CT molecular complexity index is 745. The van der Waals surface area contributed by atoms with Crippen LogP contribution in [-0.4, -0.2) is 19.6 Å². The lowest BCUT2D eigenvalue weighted by Crippen LogP contribution is -1.96. The number of halogens is 2. The lowest BCUT2D eigenvalue weighted by Gasteiger charge is -2.00. The van der Waals surface area contributed by atoms with E-state index in [2.05, 4.69) is 10.3 Å². The number of benzene rings is 1. The van der Waals surface area contributed by atoms with E-state index in [-0.39, 0.29) is 0 Å². The molecule has 0 bridgehead atoms. The van der Waals surface area contributed by atoms with Crippen molar-refractivity contribution in [3.63, 3.8) is 0 Å². The van der Waals surface area contributed by atoms with Crippen LogP contribution < -0.4 is 0 Å². The highest BCUT2D eigenvalue weighted by molar-refractivity contribution is 5.62. The molecule has 2 aromatic heterocycles. The normalized spacial score (nSPS) is 10.9. The molecule has 0 N–H and O–H groups in total. The number of nitrogens with zero attached hydrogens (tertiary/aromatic N) is 4. The van der Waals surface area contributed by atoms with Crippen LogP contribution in [0.5, 0.6) is 0 Å². The van der Waals surface area contributed by atoms with Gasteiger partial charge in [0.2, 0.25) is 0 Å². The summed E-state index contributed by atoms with van der Waals surface area (Å²) in [6, 6.07) is 5.73. The van der Waals surface area contributed by atoms with Crippen molar-refractivity contribution in [3.8, 4) is 11.1 Å². The Morgan fingerprint density at radius 3 is 2.60 bits per heavy atom. The number of rotatable bonds is 3. The van der Waals surface area contributed by atoms with Crippen LogP contribution in [0.1, 0.15) is 5.69 Å². The predicted molar refractivity (Wildman–Crippen MR) is 69.9 cm³/mol. The molecule has 0 saturated carbocycles. The highest BCUT2D eigenvalue weighted by Crippen LogP contribution is 2.22. The van der Waals surface area contributed by atoms with E-state index >= 15 is 0 Å². The molecule has 102 valence electrons. The van der Waals surface area contributed by atoms with Gasteiger partial charge in [0.1, 0.15) is 5.69 Å². The average molecular weight is 274 g/mol. The van der Waals surface area contributed by atoms with E-state index in [1.165, 1.54) is 6.07 Å². The minimum absolute atomic E-state index is 0.581. The van der Waals surface area contributed by atoms with Gasteiger partial charge in [0, 0.05) is 25.6 Å². The molecule has 6 heteroatoms. The Kier molecular flexibility index (Phi) is 3.06. The number of aromatic nitrogens is 4. The minimum Gasteiger partial charge on any atom is -0.348 e. The number of hydrogen-bond donors (Lipinski definition) is 0. The Labute approximate surface area is 114 Å². The summed E-state index contributed by atoms with van der Waals surface area (Å²) < 4.78 is 29.7. The quantitative estimate of drug-likeness (QED) is 0.736. The summed E-state index contributed by atoms with van der Waals surface area (Å²) in [5, 5.41) is 7.86. The third kappa shape index (κ3) is 2.45. The van der Waals surface area contributed by atoms with Crippen molar-refractivity contribution in [2.24, 2.45) is 7.05 Å². The van der Waals surface area contributed by atoms with E-state index in [0.29, 0.717) is 12.1 Å². The van der Waals surface area contributed by atoms with Crippen LogP contribution in [-0.2, 0) is 13.6 Å². The summed E-state index contributed by atoms with van der Waals surface area (Å²) >= 11 is 0. The van der Waals surface area contributed by atoms with Gasteiger partial charge in [-0.25, -0.2) is 8.78 Å². The molecule has 0 fully saturated rings. The maximum Gasteiger partial charge on any atom is 0.159 e. The molecule has 20 heavy (non-hydrogen) atoms. The predicted octanol–water partition coefficient (Wildman–Crippen LogP) is 2.61. The van der Waals surface area contributed by atoms with Gasteiger partial charge in [-0.3, -0.25) is 4.68 Å². The lowest BCUT2D eigenvalue weighted by atomic mass is 10.1. The zero-order valence-corrected chi connectivity index (χ0v) is 10.8. The van der Waals surface area contributed by atoms with Gasteiger partial charge in [-0.05, 0) is 29.3 Å². The van der Waals surface area contributed by atoms with Gasteiger partial charge >= 0.3 is 0 Å². The van der Waals surface area contributed by atoms with E-state index in [0.717, 1.165) is 17.3 Å². The molecule has 0 radical (unpaired) electrons. The first-order valence-electron chi connectivity index (χ1n) is 6.08. The second-order valence-corrected chi connectivity index (χ2v) is 4.58. The smallest absolute Gasteiger partial charge is 0.159 e. The number of hydrogen-bond acceptors (Lipinski definition) is 2. The average Bonchev–Trinajstić information content (AvgIpc) is 3.03. The Balaban J connectivity index is 1.84. The van der Waals surface area contributed by atoms with Crippen molar-refractivity contribution in [1.82, 2.24) is 19.6 Å². The van der Waals surface area contributed by atoms with Gasteiger partial charge in [-0.2, -0.15) is 0 Å². The minimum atomic E-state index is -0.843. The third-order valence-corrected chi connectivity index (χ3v) is 3.00. The van der Waals surface area contributed by atoms with Crippen LogP contribution in [0.25, 0.3) is 11.1 Å². The molecule has 0 unspecified atom stereocenters. The Hall–Kier alpha value is -2.50. The first-order valence-corrected chi connectivity index (χ1v) is 6.08. The van der Waals surface area contributed by atoms with Crippen LogP contribution in [0, 0.1) is 11.6 Å². The van der Waals surface area contributed by atoms with Crippen molar-refractivity contribution in [2.45, 2.75) is 6.54 Å². The summed E-state index contributed by atoms with van der Waals surface area (Å²) in [6.45, 7) is 0.581. The van der Waals surface area contributed by atoms with Crippen LogP contribution >= 0.6 is 0 Å². The van der Waals surface area contributed by atoms with Gasteiger partial charge < -0.3 is 4.57 Å². The fourth-order valence-corrected chi connectivity index (χ4v) is 2.04. The molecular weight excluding hydrogens is 262 g/mol. The van der Waals surface area contributed by atoms with E-state index < -0.39 is 11.6 Å². The molecular formula is C14H12F2N4. The summed E-state index contributed by atoms with van der Waals surface area (Å²) in [5.74, 6) is -1.68. The standard InChI is InChI=1S/C14H12F2N4/c1-19-8-12(17-18-19)9-20-5-4-11(7-20)10-2-3-13(15)14(16)6-10/h2-8H,9H2,1H3. The van der Waals surface area contributed by atoms with Gasteiger partial charge in [-0.15, -0.1) is 5.10 Å². The first kappa shape index (κ1) is 12.5. The van der Waals surface area contributed by atoms with Crippen LogP contribution in [0.15, 0.2) is 42.9 Å². The van der Waals surface area contributed by atoms with Crippen LogP contribution in [0.2, 0.25) is 0 Å². The van der Waals surface area contributed by atoms with Crippen molar-refractivity contribution in [1.29, 1.82) is 0 Å². The maximum atomic E-state index is 13.2.